The van der Waals surface area contributed by atoms with Gasteiger partial charge in [-0.05, 0) is 57.2 Å². The van der Waals surface area contributed by atoms with Gasteiger partial charge in [0.1, 0.15) is 24.0 Å². The van der Waals surface area contributed by atoms with Gasteiger partial charge in [-0.3, -0.25) is 4.98 Å². The summed E-state index contributed by atoms with van der Waals surface area (Å²) in [6.45, 7) is 5.74. The molecule has 0 fully saturated rings. The van der Waals surface area contributed by atoms with Gasteiger partial charge in [-0.2, -0.15) is 0 Å². The number of ether oxygens (including phenoxy) is 3. The Bertz CT molecular complexity index is 1360. The second kappa shape index (κ2) is 13.4. The molecule has 0 amide bonds. The van der Waals surface area contributed by atoms with Crippen molar-refractivity contribution in [1.29, 1.82) is 0 Å². The highest BCUT2D eigenvalue weighted by Crippen LogP contribution is 2.33. The molecule has 9 nitrogen and oxygen atoms in total. The molecule has 0 aliphatic heterocycles. The van der Waals surface area contributed by atoms with Crippen LogP contribution in [0.25, 0.3) is 11.0 Å². The molecule has 0 saturated heterocycles. The van der Waals surface area contributed by atoms with Crippen LogP contribution in [-0.4, -0.2) is 56.0 Å². The Hall–Kier alpha value is -3.12. The average molecular weight is 546 g/mol. The van der Waals surface area contributed by atoms with Crippen LogP contribution < -0.4 is 14.2 Å². The maximum absolute atomic E-state index is 13.7. The standard InChI is InChI=1S/C25H27N3O4S2.CH4O2/c1-6-32-18-7-10-20(11-8-18)34(29)28-23-12-9-19(30-4)13-21(23)27-25(28)33-15-22-17(3)24(31-5)16(2)14-26-22;2-1-3/h7-14H,6,15H2,1-5H3;2-3H,1H2. The second-order valence-corrected chi connectivity index (χ2v) is 9.95. The lowest BCUT2D eigenvalue weighted by Gasteiger charge is -2.13. The number of fused-ring (bicyclic) bond motifs is 1. The van der Waals surface area contributed by atoms with E-state index in [-0.39, 0.29) is 0 Å². The highest BCUT2D eigenvalue weighted by atomic mass is 32.2. The zero-order chi connectivity index (χ0) is 26.9. The predicted octanol–water partition coefficient (Wildman–Crippen LogP) is 4.26. The summed E-state index contributed by atoms with van der Waals surface area (Å²) in [5.41, 5.74) is 4.36. The van der Waals surface area contributed by atoms with Gasteiger partial charge in [0.2, 0.25) is 0 Å². The van der Waals surface area contributed by atoms with E-state index in [0.717, 1.165) is 33.8 Å². The molecule has 1 atom stereocenters. The minimum Gasteiger partial charge on any atom is -0.497 e. The van der Waals surface area contributed by atoms with E-state index in [0.29, 0.717) is 33.7 Å². The molecule has 11 heteroatoms. The van der Waals surface area contributed by atoms with E-state index < -0.39 is 17.8 Å². The number of aliphatic hydroxyl groups excluding tert-OH is 1. The number of aliphatic hydroxyl groups is 2. The number of nitrogens with zero attached hydrogens (tertiary/aromatic N) is 3. The van der Waals surface area contributed by atoms with E-state index in [1.54, 1.807) is 18.2 Å². The summed E-state index contributed by atoms with van der Waals surface area (Å²) in [4.78, 5) is 10.0. The molecule has 0 saturated carbocycles. The largest absolute Gasteiger partial charge is 0.497 e. The summed E-state index contributed by atoms with van der Waals surface area (Å²) in [7, 11) is 1.78. The number of imidazole rings is 1. The highest BCUT2D eigenvalue weighted by Gasteiger charge is 2.20. The lowest BCUT2D eigenvalue weighted by atomic mass is 10.1. The van der Waals surface area contributed by atoms with Crippen LogP contribution in [0, 0.1) is 13.8 Å². The van der Waals surface area contributed by atoms with Crippen molar-refractivity contribution in [3.05, 3.63) is 65.5 Å². The van der Waals surface area contributed by atoms with Gasteiger partial charge in [-0.1, -0.05) is 11.8 Å². The number of thioether (sulfide) groups is 1. The van der Waals surface area contributed by atoms with Gasteiger partial charge in [-0.25, -0.2) is 13.2 Å². The lowest BCUT2D eigenvalue weighted by Crippen LogP contribution is -2.07. The fraction of sp³-hybridized carbons (Fsp3) is 0.308. The summed E-state index contributed by atoms with van der Waals surface area (Å²) in [6.07, 6.45) is 1.81. The molecule has 4 rings (SSSR count). The molecule has 0 radical (unpaired) electrons. The number of aromatic nitrogens is 3. The Labute approximate surface area is 223 Å². The fourth-order valence-electron chi connectivity index (χ4n) is 3.67. The van der Waals surface area contributed by atoms with Crippen LogP contribution >= 0.6 is 11.8 Å². The Morgan fingerprint density at radius 2 is 1.70 bits per heavy atom. The summed E-state index contributed by atoms with van der Waals surface area (Å²) in [5.74, 6) is 2.83. The molecule has 2 aromatic heterocycles. The first-order valence-corrected chi connectivity index (χ1v) is 13.5. The molecule has 198 valence electrons. The topological polar surface area (TPSA) is 116 Å². The molecule has 1 unspecified atom stereocenters. The van der Waals surface area contributed by atoms with Crippen molar-refractivity contribution < 1.29 is 28.6 Å². The average Bonchev–Trinajstić information content (AvgIpc) is 3.26. The molecule has 0 aliphatic carbocycles. The van der Waals surface area contributed by atoms with Gasteiger partial charge in [-0.15, -0.1) is 0 Å². The van der Waals surface area contributed by atoms with Crippen molar-refractivity contribution >= 4 is 33.8 Å². The third-order valence-electron chi connectivity index (χ3n) is 5.38. The molecule has 2 heterocycles. The van der Waals surface area contributed by atoms with Crippen LogP contribution in [0.3, 0.4) is 0 Å². The van der Waals surface area contributed by atoms with Gasteiger partial charge >= 0.3 is 0 Å². The van der Waals surface area contributed by atoms with E-state index in [9.17, 15) is 4.21 Å². The van der Waals surface area contributed by atoms with Crippen LogP contribution in [-0.2, 0) is 16.7 Å². The maximum atomic E-state index is 13.7. The van der Waals surface area contributed by atoms with E-state index in [4.69, 9.17) is 29.4 Å². The van der Waals surface area contributed by atoms with Gasteiger partial charge in [0, 0.05) is 29.1 Å². The van der Waals surface area contributed by atoms with Crippen molar-refractivity contribution in [3.63, 3.8) is 0 Å². The normalized spacial score (nSPS) is 11.5. The molecule has 2 N–H and O–H groups in total. The molecule has 0 spiro atoms. The van der Waals surface area contributed by atoms with Gasteiger partial charge < -0.3 is 24.4 Å². The van der Waals surface area contributed by atoms with Crippen molar-refractivity contribution in [1.82, 2.24) is 13.9 Å². The molecule has 4 aromatic rings. The number of aryl methyl sites for hydroxylation is 1. The van der Waals surface area contributed by atoms with Gasteiger partial charge in [0.25, 0.3) is 0 Å². The third kappa shape index (κ3) is 6.61. The first-order valence-electron chi connectivity index (χ1n) is 11.4. The summed E-state index contributed by atoms with van der Waals surface area (Å²) in [6, 6.07) is 12.9. The number of methoxy groups -OCH3 is 2. The van der Waals surface area contributed by atoms with Crippen molar-refractivity contribution in [2.45, 2.75) is 36.6 Å². The fourth-order valence-corrected chi connectivity index (χ4v) is 6.06. The van der Waals surface area contributed by atoms with E-state index in [1.165, 1.54) is 11.8 Å². The van der Waals surface area contributed by atoms with Crippen LogP contribution in [0.2, 0.25) is 0 Å². The zero-order valence-electron chi connectivity index (χ0n) is 21.4. The number of benzene rings is 2. The molecule has 2 aromatic carbocycles. The van der Waals surface area contributed by atoms with Crippen LogP contribution in [0.15, 0.2) is 58.7 Å². The molecular formula is C26H31N3O6S2. The van der Waals surface area contributed by atoms with Gasteiger partial charge in [0.05, 0.1) is 42.4 Å². The Morgan fingerprint density at radius 1 is 1.03 bits per heavy atom. The smallest absolute Gasteiger partial charge is 0.181 e. The Morgan fingerprint density at radius 3 is 2.32 bits per heavy atom. The second-order valence-electron chi connectivity index (χ2n) is 7.67. The number of hydrogen-bond donors (Lipinski definition) is 2. The van der Waals surface area contributed by atoms with Crippen LogP contribution in [0.1, 0.15) is 23.7 Å². The zero-order valence-corrected chi connectivity index (χ0v) is 23.1. The maximum Gasteiger partial charge on any atom is 0.181 e. The minimum absolute atomic E-state index is 0.559. The van der Waals surface area contributed by atoms with Crippen molar-refractivity contribution in [3.8, 4) is 17.2 Å². The number of hydrogen-bond acceptors (Lipinski definition) is 9. The predicted molar refractivity (Wildman–Crippen MR) is 145 cm³/mol. The highest BCUT2D eigenvalue weighted by molar-refractivity contribution is 7.98. The van der Waals surface area contributed by atoms with E-state index >= 15 is 0 Å². The Balaban J connectivity index is 0.00000121. The van der Waals surface area contributed by atoms with E-state index in [2.05, 4.69) is 4.98 Å². The third-order valence-corrected chi connectivity index (χ3v) is 7.82. The van der Waals surface area contributed by atoms with E-state index in [1.807, 2.05) is 69.4 Å². The summed E-state index contributed by atoms with van der Waals surface area (Å²) < 4.78 is 31.9. The first-order chi connectivity index (χ1) is 17.9. The van der Waals surface area contributed by atoms with Crippen LogP contribution in [0.5, 0.6) is 17.2 Å². The quantitative estimate of drug-likeness (QED) is 0.235. The van der Waals surface area contributed by atoms with Gasteiger partial charge in [0.15, 0.2) is 16.1 Å². The summed E-state index contributed by atoms with van der Waals surface area (Å²) >= 11 is 1.49. The number of rotatable bonds is 9. The Kier molecular flexibility index (Phi) is 10.3. The molecule has 0 bridgehead atoms. The lowest BCUT2D eigenvalue weighted by molar-refractivity contribution is 0.0773. The molecule has 0 aliphatic rings. The monoisotopic (exact) mass is 545 g/mol. The van der Waals surface area contributed by atoms with Crippen LogP contribution in [0.4, 0.5) is 0 Å². The molecule has 37 heavy (non-hydrogen) atoms. The van der Waals surface area contributed by atoms with Crippen molar-refractivity contribution in [2.75, 3.05) is 27.6 Å². The SMILES string of the molecule is CCOc1ccc(S(=O)n2c(SCc3ncc(C)c(OC)c3C)nc3cc(OC)ccc32)cc1.OCO. The first kappa shape index (κ1) is 28.5. The minimum atomic E-state index is -1.50. The summed E-state index contributed by atoms with van der Waals surface area (Å²) in [5, 5.41) is 14.9. The molecular weight excluding hydrogens is 514 g/mol. The number of pyridine rings is 1. The van der Waals surface area contributed by atoms with Crippen molar-refractivity contribution in [2.24, 2.45) is 0 Å².